The maximum atomic E-state index is 13.5. The maximum Gasteiger partial charge on any atom is 0.227 e. The van der Waals surface area contributed by atoms with Gasteiger partial charge in [0.15, 0.2) is 11.5 Å². The molecule has 1 N–H and O–H groups in total. The molecule has 1 amide bonds. The van der Waals surface area contributed by atoms with Crippen LogP contribution in [0.15, 0.2) is 27.5 Å². The molecular formula is C24H27FN6O3S. The van der Waals surface area contributed by atoms with Crippen molar-refractivity contribution in [1.82, 2.24) is 19.9 Å². The van der Waals surface area contributed by atoms with E-state index in [9.17, 15) is 13.4 Å². The van der Waals surface area contributed by atoms with Crippen molar-refractivity contribution in [2.24, 2.45) is 0 Å². The number of carbonyl (C=O) groups is 1. The van der Waals surface area contributed by atoms with Crippen molar-refractivity contribution in [2.75, 3.05) is 42.7 Å². The highest BCUT2D eigenvalue weighted by Crippen LogP contribution is 2.34. The normalized spacial score (nSPS) is 23.2. The molecule has 2 unspecified atom stereocenters. The van der Waals surface area contributed by atoms with Crippen LogP contribution in [0.3, 0.4) is 0 Å². The van der Waals surface area contributed by atoms with Crippen LogP contribution in [-0.2, 0) is 22.0 Å². The Hall–Kier alpha value is -3.08. The Labute approximate surface area is 204 Å². The number of oxazole rings is 1. The Balaban J connectivity index is 1.20. The lowest BCUT2D eigenvalue weighted by molar-refractivity contribution is -0.132. The summed E-state index contributed by atoms with van der Waals surface area (Å²) in [6, 6.07) is 4.46. The monoisotopic (exact) mass is 498 g/mol. The van der Waals surface area contributed by atoms with Gasteiger partial charge in [-0.2, -0.15) is 4.98 Å². The average Bonchev–Trinajstić information content (AvgIpc) is 3.45. The Bertz CT molecular complexity index is 1320. The van der Waals surface area contributed by atoms with E-state index in [1.54, 1.807) is 11.0 Å². The lowest BCUT2D eigenvalue weighted by Crippen LogP contribution is -2.43. The molecule has 2 aromatic heterocycles. The smallest absolute Gasteiger partial charge is 0.227 e. The summed E-state index contributed by atoms with van der Waals surface area (Å²) in [5, 5.41) is 3.48. The first-order valence-corrected chi connectivity index (χ1v) is 13.4. The van der Waals surface area contributed by atoms with Crippen LogP contribution in [0.5, 0.6) is 0 Å². The summed E-state index contributed by atoms with van der Waals surface area (Å²) < 4.78 is 32.1. The number of piperidine rings is 2. The zero-order valence-corrected chi connectivity index (χ0v) is 20.3. The Kier molecular flexibility index (Phi) is 5.66. The van der Waals surface area contributed by atoms with E-state index in [2.05, 4.69) is 15.2 Å². The number of amides is 1. The minimum absolute atomic E-state index is 0.0666. The van der Waals surface area contributed by atoms with E-state index >= 15 is 0 Å². The van der Waals surface area contributed by atoms with Crippen LogP contribution in [0, 0.1) is 5.82 Å². The molecule has 0 bridgehead atoms. The van der Waals surface area contributed by atoms with Crippen LogP contribution in [0.25, 0.3) is 11.1 Å². The molecule has 11 heteroatoms. The van der Waals surface area contributed by atoms with Crippen LogP contribution in [0.1, 0.15) is 43.2 Å². The number of benzene rings is 1. The summed E-state index contributed by atoms with van der Waals surface area (Å²) in [5.41, 5.74) is 1.99. The van der Waals surface area contributed by atoms with Crippen LogP contribution in [-0.4, -0.2) is 68.4 Å². The van der Waals surface area contributed by atoms with Crippen LogP contribution >= 0.6 is 0 Å². The predicted molar refractivity (Wildman–Crippen MR) is 129 cm³/mol. The number of anilines is 2. The van der Waals surface area contributed by atoms with Crippen molar-refractivity contribution in [3.8, 4) is 0 Å². The molecule has 0 saturated carbocycles. The molecule has 35 heavy (non-hydrogen) atoms. The molecule has 2 saturated heterocycles. The van der Waals surface area contributed by atoms with Gasteiger partial charge >= 0.3 is 0 Å². The molecule has 6 rings (SSSR count). The summed E-state index contributed by atoms with van der Waals surface area (Å²) in [4.78, 5) is 30.6. The first kappa shape index (κ1) is 22.4. The minimum atomic E-state index is -1.12. The summed E-state index contributed by atoms with van der Waals surface area (Å²) in [7, 11) is 0.690. The number of halogens is 1. The van der Waals surface area contributed by atoms with Gasteiger partial charge in [-0.15, -0.1) is 0 Å². The van der Waals surface area contributed by atoms with Gasteiger partial charge in [-0.25, -0.2) is 14.4 Å². The van der Waals surface area contributed by atoms with Gasteiger partial charge in [0.1, 0.15) is 22.0 Å². The highest BCUT2D eigenvalue weighted by atomic mass is 32.2. The third kappa shape index (κ3) is 4.26. The van der Waals surface area contributed by atoms with Gasteiger partial charge in [0.2, 0.25) is 11.9 Å². The van der Waals surface area contributed by atoms with Gasteiger partial charge in [-0.05, 0) is 31.4 Å². The topological polar surface area (TPSA) is 104 Å². The number of carbonyl (C=O) groups excluding carboxylic acids is 1. The number of hydrogen-bond donors (Lipinski definition) is 1. The van der Waals surface area contributed by atoms with E-state index < -0.39 is 10.8 Å². The predicted octanol–water partition coefficient (Wildman–Crippen LogP) is 2.84. The first-order chi connectivity index (χ1) is 16.9. The minimum Gasteiger partial charge on any atom is -0.440 e. The number of aromatic nitrogens is 3. The molecule has 0 aliphatic carbocycles. The second-order valence-electron chi connectivity index (χ2n) is 9.53. The number of likely N-dealkylation sites (tertiary alicyclic amines) is 1. The van der Waals surface area contributed by atoms with Crippen molar-refractivity contribution in [2.45, 2.75) is 49.0 Å². The molecule has 3 aromatic rings. The SMILES string of the molecule is CN1CC(Nc2nc(N3CCC(c4nc5cc(F)ccc5o4)CC3)nc3c2S(=O)CC3)CCC1=O. The molecule has 2 fully saturated rings. The van der Waals surface area contributed by atoms with Crippen LogP contribution in [0.2, 0.25) is 0 Å². The molecule has 3 aliphatic rings. The molecule has 1 aromatic carbocycles. The second-order valence-corrected chi connectivity index (χ2v) is 11.0. The van der Waals surface area contributed by atoms with Gasteiger partial charge in [0.05, 0.1) is 16.5 Å². The van der Waals surface area contributed by atoms with Gasteiger partial charge in [0.25, 0.3) is 0 Å². The molecule has 2 atom stereocenters. The summed E-state index contributed by atoms with van der Waals surface area (Å²) in [5.74, 6) is 2.46. The highest BCUT2D eigenvalue weighted by molar-refractivity contribution is 7.85. The molecule has 0 radical (unpaired) electrons. The first-order valence-electron chi connectivity index (χ1n) is 12.1. The van der Waals surface area contributed by atoms with E-state index in [1.165, 1.54) is 12.1 Å². The Morgan fingerprint density at radius 3 is 2.77 bits per heavy atom. The van der Waals surface area contributed by atoms with Gasteiger partial charge < -0.3 is 19.5 Å². The summed E-state index contributed by atoms with van der Waals surface area (Å²) in [6.45, 7) is 2.07. The molecule has 3 aliphatic heterocycles. The van der Waals surface area contributed by atoms with E-state index in [0.717, 1.165) is 38.0 Å². The zero-order chi connectivity index (χ0) is 24.1. The number of nitrogens with one attached hydrogen (secondary N) is 1. The number of hydrogen-bond acceptors (Lipinski definition) is 8. The largest absolute Gasteiger partial charge is 0.440 e. The second kappa shape index (κ2) is 8.85. The third-order valence-corrected chi connectivity index (χ3v) is 8.60. The standard InChI is InChI=1S/C24H27FN6O3S/c1-30-13-16(3-5-20(30)32)26-22-21-17(8-11-35(21)33)28-24(29-22)31-9-6-14(7-10-31)23-27-18-12-15(25)2-4-19(18)34-23/h2,4,12,14,16H,3,5-11,13H2,1H3,(H,26,28,29). The molecule has 184 valence electrons. The van der Waals surface area contributed by atoms with Crippen molar-refractivity contribution in [1.29, 1.82) is 0 Å². The van der Waals surface area contributed by atoms with Crippen molar-refractivity contribution in [3.05, 3.63) is 35.6 Å². The van der Waals surface area contributed by atoms with E-state index in [1.807, 2.05) is 7.05 Å². The Morgan fingerprint density at radius 1 is 1.14 bits per heavy atom. The fourth-order valence-electron chi connectivity index (χ4n) is 5.17. The molecule has 0 spiro atoms. The Morgan fingerprint density at radius 2 is 1.97 bits per heavy atom. The fraction of sp³-hybridized carbons (Fsp3) is 0.500. The lowest BCUT2D eigenvalue weighted by atomic mass is 9.97. The average molecular weight is 499 g/mol. The van der Waals surface area contributed by atoms with E-state index in [0.29, 0.717) is 58.8 Å². The van der Waals surface area contributed by atoms with Crippen LogP contribution < -0.4 is 10.2 Å². The number of nitrogens with zero attached hydrogens (tertiary/aromatic N) is 5. The zero-order valence-electron chi connectivity index (χ0n) is 19.5. The third-order valence-electron chi connectivity index (χ3n) is 7.14. The van der Waals surface area contributed by atoms with Gasteiger partial charge in [0, 0.05) is 63.3 Å². The molecular weight excluding hydrogens is 471 g/mol. The number of rotatable bonds is 4. The van der Waals surface area contributed by atoms with Crippen molar-refractivity contribution >= 4 is 39.6 Å². The van der Waals surface area contributed by atoms with Gasteiger partial charge in [-0.1, -0.05) is 0 Å². The van der Waals surface area contributed by atoms with E-state index in [4.69, 9.17) is 14.4 Å². The maximum absolute atomic E-state index is 13.5. The lowest BCUT2D eigenvalue weighted by Gasteiger charge is -2.32. The number of likely N-dealkylation sites (N-methyl/N-ethyl adjacent to an activating group) is 1. The van der Waals surface area contributed by atoms with E-state index in [-0.39, 0.29) is 23.7 Å². The summed E-state index contributed by atoms with van der Waals surface area (Å²) >= 11 is 0. The molecule has 9 nitrogen and oxygen atoms in total. The van der Waals surface area contributed by atoms with Crippen molar-refractivity contribution < 1.29 is 17.8 Å². The molecule has 5 heterocycles. The number of aryl methyl sites for hydroxylation is 1. The highest BCUT2D eigenvalue weighted by Gasteiger charge is 2.32. The van der Waals surface area contributed by atoms with Crippen LogP contribution in [0.4, 0.5) is 16.2 Å². The summed E-state index contributed by atoms with van der Waals surface area (Å²) in [6.07, 6.45) is 3.53. The van der Waals surface area contributed by atoms with Gasteiger partial charge in [-0.3, -0.25) is 9.00 Å². The fourth-order valence-corrected chi connectivity index (χ4v) is 6.48. The number of fused-ring (bicyclic) bond motifs is 2. The quantitative estimate of drug-likeness (QED) is 0.586. The van der Waals surface area contributed by atoms with Crippen molar-refractivity contribution in [3.63, 3.8) is 0 Å².